The first-order valence-corrected chi connectivity index (χ1v) is 5.46. The van der Waals surface area contributed by atoms with Gasteiger partial charge in [-0.2, -0.15) is 0 Å². The minimum absolute atomic E-state index is 0.211. The monoisotopic (exact) mass is 221 g/mol. The Hall–Kier alpha value is -1.71. The zero-order valence-electron chi connectivity index (χ0n) is 10.1. The van der Waals surface area contributed by atoms with Gasteiger partial charge in [-0.25, -0.2) is 4.79 Å². The smallest absolute Gasteiger partial charge is 0.319 e. The summed E-state index contributed by atoms with van der Waals surface area (Å²) in [6.07, 6.45) is 0.913. The number of carbonyl (C=O) groups is 1. The third-order valence-corrected chi connectivity index (χ3v) is 2.45. The SMILES string of the molecule is CCCNC(=O)Nc1cc(C)c(C)cc1N. The number of amides is 2. The van der Waals surface area contributed by atoms with Gasteiger partial charge in [-0.1, -0.05) is 6.92 Å². The van der Waals surface area contributed by atoms with E-state index in [0.29, 0.717) is 17.9 Å². The Labute approximate surface area is 96.2 Å². The van der Waals surface area contributed by atoms with Crippen molar-refractivity contribution in [2.24, 2.45) is 0 Å². The largest absolute Gasteiger partial charge is 0.397 e. The zero-order valence-corrected chi connectivity index (χ0v) is 10.1. The number of hydrogen-bond donors (Lipinski definition) is 3. The molecular formula is C12H19N3O. The molecule has 0 aliphatic heterocycles. The Balaban J connectivity index is 2.73. The lowest BCUT2D eigenvalue weighted by Crippen LogP contribution is -2.29. The van der Waals surface area contributed by atoms with Crippen molar-refractivity contribution in [3.63, 3.8) is 0 Å². The molecule has 0 spiro atoms. The van der Waals surface area contributed by atoms with Crippen LogP contribution in [0.25, 0.3) is 0 Å². The Bertz CT molecular complexity index is 388. The molecule has 0 aliphatic carbocycles. The summed E-state index contributed by atoms with van der Waals surface area (Å²) in [6, 6.07) is 3.54. The van der Waals surface area contributed by atoms with Crippen molar-refractivity contribution < 1.29 is 4.79 Å². The van der Waals surface area contributed by atoms with Gasteiger partial charge in [0.15, 0.2) is 0 Å². The molecule has 0 saturated heterocycles. The molecule has 0 aliphatic rings. The molecule has 0 unspecified atom stereocenters. The van der Waals surface area contributed by atoms with Crippen LogP contribution in [0.4, 0.5) is 16.2 Å². The summed E-state index contributed by atoms with van der Waals surface area (Å²) in [5, 5.41) is 5.47. The standard InChI is InChI=1S/C12H19N3O/c1-4-5-14-12(16)15-11-7-9(3)8(2)6-10(11)13/h6-7H,4-5,13H2,1-3H3,(H2,14,15,16). The topological polar surface area (TPSA) is 67.2 Å². The van der Waals surface area contributed by atoms with E-state index in [-0.39, 0.29) is 6.03 Å². The zero-order chi connectivity index (χ0) is 12.1. The second-order valence-electron chi connectivity index (χ2n) is 3.90. The number of aryl methyl sites for hydroxylation is 2. The lowest BCUT2D eigenvalue weighted by atomic mass is 10.1. The Morgan fingerprint density at radius 2 is 1.94 bits per heavy atom. The molecule has 16 heavy (non-hydrogen) atoms. The second kappa shape index (κ2) is 5.39. The van der Waals surface area contributed by atoms with Crippen LogP contribution in [0.1, 0.15) is 24.5 Å². The predicted molar refractivity (Wildman–Crippen MR) is 67.6 cm³/mol. The van der Waals surface area contributed by atoms with Crippen molar-refractivity contribution in [2.45, 2.75) is 27.2 Å². The van der Waals surface area contributed by atoms with Crippen molar-refractivity contribution in [1.29, 1.82) is 0 Å². The van der Waals surface area contributed by atoms with Crippen LogP contribution >= 0.6 is 0 Å². The molecule has 0 atom stereocenters. The lowest BCUT2D eigenvalue weighted by molar-refractivity contribution is 0.252. The third-order valence-electron chi connectivity index (χ3n) is 2.45. The van der Waals surface area contributed by atoms with Gasteiger partial charge in [0.1, 0.15) is 0 Å². The number of nitrogen functional groups attached to an aromatic ring is 1. The molecule has 1 aromatic rings. The molecular weight excluding hydrogens is 202 g/mol. The molecule has 0 radical (unpaired) electrons. The molecule has 0 heterocycles. The van der Waals surface area contributed by atoms with Gasteiger partial charge in [0.25, 0.3) is 0 Å². The molecule has 2 amide bonds. The van der Waals surface area contributed by atoms with Crippen LogP contribution < -0.4 is 16.4 Å². The summed E-state index contributed by atoms with van der Waals surface area (Å²) in [6.45, 7) is 6.65. The van der Waals surface area contributed by atoms with E-state index in [1.54, 1.807) is 0 Å². The van der Waals surface area contributed by atoms with E-state index < -0.39 is 0 Å². The predicted octanol–water partition coefficient (Wildman–Crippen LogP) is 2.42. The highest BCUT2D eigenvalue weighted by atomic mass is 16.2. The van der Waals surface area contributed by atoms with Gasteiger partial charge in [-0.3, -0.25) is 0 Å². The van der Waals surface area contributed by atoms with E-state index >= 15 is 0 Å². The summed E-state index contributed by atoms with van der Waals surface area (Å²) < 4.78 is 0. The van der Waals surface area contributed by atoms with E-state index in [1.807, 2.05) is 32.9 Å². The van der Waals surface area contributed by atoms with Crippen molar-refractivity contribution in [3.05, 3.63) is 23.3 Å². The lowest BCUT2D eigenvalue weighted by Gasteiger charge is -2.11. The van der Waals surface area contributed by atoms with Crippen molar-refractivity contribution in [3.8, 4) is 0 Å². The van der Waals surface area contributed by atoms with Gasteiger partial charge in [0, 0.05) is 6.54 Å². The van der Waals surface area contributed by atoms with Crippen LogP contribution in [-0.4, -0.2) is 12.6 Å². The maximum absolute atomic E-state index is 11.4. The molecule has 1 rings (SSSR count). The minimum Gasteiger partial charge on any atom is -0.397 e. The second-order valence-corrected chi connectivity index (χ2v) is 3.90. The van der Waals surface area contributed by atoms with Crippen molar-refractivity contribution in [1.82, 2.24) is 5.32 Å². The summed E-state index contributed by atoms with van der Waals surface area (Å²) in [5.74, 6) is 0. The van der Waals surface area contributed by atoms with Crippen LogP contribution in [0.3, 0.4) is 0 Å². The summed E-state index contributed by atoms with van der Waals surface area (Å²) in [4.78, 5) is 11.4. The number of nitrogens with two attached hydrogens (primary N) is 1. The molecule has 0 bridgehead atoms. The van der Waals surface area contributed by atoms with Gasteiger partial charge >= 0.3 is 6.03 Å². The minimum atomic E-state index is -0.211. The number of urea groups is 1. The van der Waals surface area contributed by atoms with Gasteiger partial charge in [0.2, 0.25) is 0 Å². The summed E-state index contributed by atoms with van der Waals surface area (Å²) in [7, 11) is 0. The van der Waals surface area contributed by atoms with E-state index in [0.717, 1.165) is 17.5 Å². The molecule has 0 fully saturated rings. The van der Waals surface area contributed by atoms with E-state index in [1.165, 1.54) is 0 Å². The highest BCUT2D eigenvalue weighted by Gasteiger charge is 2.05. The number of nitrogens with one attached hydrogen (secondary N) is 2. The Morgan fingerprint density at radius 3 is 2.56 bits per heavy atom. The Morgan fingerprint density at radius 1 is 1.31 bits per heavy atom. The molecule has 4 heteroatoms. The first kappa shape index (κ1) is 12.4. The highest BCUT2D eigenvalue weighted by Crippen LogP contribution is 2.22. The fraction of sp³-hybridized carbons (Fsp3) is 0.417. The van der Waals surface area contributed by atoms with Gasteiger partial charge in [-0.05, 0) is 43.5 Å². The summed E-state index contributed by atoms with van der Waals surface area (Å²) >= 11 is 0. The van der Waals surface area contributed by atoms with Crippen LogP contribution in [-0.2, 0) is 0 Å². The highest BCUT2D eigenvalue weighted by molar-refractivity contribution is 5.92. The van der Waals surface area contributed by atoms with Gasteiger partial charge in [-0.15, -0.1) is 0 Å². The third kappa shape index (κ3) is 3.15. The van der Waals surface area contributed by atoms with Crippen molar-refractivity contribution >= 4 is 17.4 Å². The number of benzene rings is 1. The van der Waals surface area contributed by atoms with Gasteiger partial charge in [0.05, 0.1) is 11.4 Å². The first-order chi connectivity index (χ1) is 7.54. The van der Waals surface area contributed by atoms with Crippen LogP contribution in [0.15, 0.2) is 12.1 Å². The van der Waals surface area contributed by atoms with E-state index in [2.05, 4.69) is 10.6 Å². The molecule has 0 aromatic heterocycles. The maximum Gasteiger partial charge on any atom is 0.319 e. The average Bonchev–Trinajstić information content (AvgIpc) is 2.23. The molecule has 4 N–H and O–H groups in total. The van der Waals surface area contributed by atoms with E-state index in [4.69, 9.17) is 5.73 Å². The number of carbonyl (C=O) groups excluding carboxylic acids is 1. The Kier molecular flexibility index (Phi) is 4.17. The number of rotatable bonds is 3. The maximum atomic E-state index is 11.4. The molecule has 4 nitrogen and oxygen atoms in total. The van der Waals surface area contributed by atoms with Crippen LogP contribution in [0, 0.1) is 13.8 Å². The van der Waals surface area contributed by atoms with Crippen molar-refractivity contribution in [2.75, 3.05) is 17.6 Å². The van der Waals surface area contributed by atoms with Crippen LogP contribution in [0.5, 0.6) is 0 Å². The van der Waals surface area contributed by atoms with Crippen LogP contribution in [0.2, 0.25) is 0 Å². The first-order valence-electron chi connectivity index (χ1n) is 5.46. The average molecular weight is 221 g/mol. The summed E-state index contributed by atoms with van der Waals surface area (Å²) in [5.41, 5.74) is 9.31. The fourth-order valence-electron chi connectivity index (χ4n) is 1.35. The quantitative estimate of drug-likeness (QED) is 0.686. The normalized spacial score (nSPS) is 9.94. The number of hydrogen-bond acceptors (Lipinski definition) is 2. The van der Waals surface area contributed by atoms with E-state index in [9.17, 15) is 4.79 Å². The molecule has 1 aromatic carbocycles. The number of anilines is 2. The molecule has 0 saturated carbocycles. The van der Waals surface area contributed by atoms with Gasteiger partial charge < -0.3 is 16.4 Å². The molecule has 88 valence electrons. The fourth-order valence-corrected chi connectivity index (χ4v) is 1.35.